The molecule has 162 valence electrons. The first kappa shape index (κ1) is 25.0. The van der Waals surface area contributed by atoms with Crippen LogP contribution in [0.1, 0.15) is 13.8 Å². The summed E-state index contributed by atoms with van der Waals surface area (Å²) in [5, 5.41) is 0.795. The van der Waals surface area contributed by atoms with Gasteiger partial charge in [0.2, 0.25) is 5.91 Å². The molecule has 0 N–H and O–H groups in total. The minimum absolute atomic E-state index is 0. The van der Waals surface area contributed by atoms with Crippen LogP contribution in [0.25, 0.3) is 10.2 Å². The van der Waals surface area contributed by atoms with E-state index in [9.17, 15) is 4.79 Å². The van der Waals surface area contributed by atoms with Crippen LogP contribution in [0.4, 0.5) is 5.13 Å². The van der Waals surface area contributed by atoms with Gasteiger partial charge in [-0.05, 0) is 49.7 Å². The molecule has 3 aromatic rings. The number of carbonyl (C=O) groups excluding carboxylic acids is 1. The van der Waals surface area contributed by atoms with E-state index >= 15 is 0 Å². The van der Waals surface area contributed by atoms with Crippen molar-refractivity contribution in [3.8, 4) is 0 Å². The van der Waals surface area contributed by atoms with Gasteiger partial charge < -0.3 is 4.90 Å². The van der Waals surface area contributed by atoms with E-state index in [2.05, 4.69) is 37.1 Å². The highest BCUT2D eigenvalue weighted by Crippen LogP contribution is 2.32. The highest BCUT2D eigenvalue weighted by molar-refractivity contribution is 8.00. The maximum absolute atomic E-state index is 13.2. The molecule has 0 saturated heterocycles. The molecule has 2 aromatic carbocycles. The van der Waals surface area contributed by atoms with Gasteiger partial charge in [-0.2, -0.15) is 0 Å². The Hall–Kier alpha value is -1.25. The van der Waals surface area contributed by atoms with E-state index in [1.54, 1.807) is 34.9 Å². The second kappa shape index (κ2) is 12.6. The first-order valence-electron chi connectivity index (χ1n) is 9.79. The molecule has 0 saturated carbocycles. The second-order valence-electron chi connectivity index (χ2n) is 6.50. The number of hydrogen-bond acceptors (Lipinski definition) is 6. The fourth-order valence-corrected chi connectivity index (χ4v) is 5.34. The molecule has 1 aromatic heterocycles. The number of aromatic nitrogens is 1. The molecular weight excluding hydrogens is 454 g/mol. The second-order valence-corrected chi connectivity index (χ2v) is 9.44. The van der Waals surface area contributed by atoms with Crippen LogP contribution >= 0.6 is 47.3 Å². The third-order valence-corrected chi connectivity index (χ3v) is 7.52. The standard InChI is InChI=1S/C22H27N3OS3.ClH/c1-4-24(5-2)13-14-25(21(26)16-28-17-9-7-6-8-10-17)22-23-19-12-11-18(27-3)15-20(19)29-22;/h6-12,15H,4-5,13-14,16H2,1-3H3;1H. The molecule has 1 amide bonds. The molecule has 0 radical (unpaired) electrons. The summed E-state index contributed by atoms with van der Waals surface area (Å²) < 4.78 is 1.13. The fourth-order valence-electron chi connectivity index (χ4n) is 2.98. The number of nitrogens with zero attached hydrogens (tertiary/aromatic N) is 3. The van der Waals surface area contributed by atoms with Gasteiger partial charge in [0.1, 0.15) is 0 Å². The number of anilines is 1. The minimum atomic E-state index is 0. The van der Waals surface area contributed by atoms with Crippen molar-refractivity contribution in [2.45, 2.75) is 23.6 Å². The van der Waals surface area contributed by atoms with E-state index in [1.165, 1.54) is 4.90 Å². The van der Waals surface area contributed by atoms with Crippen molar-refractivity contribution >= 4 is 68.5 Å². The van der Waals surface area contributed by atoms with Gasteiger partial charge in [-0.3, -0.25) is 9.69 Å². The Morgan fingerprint density at radius 1 is 1.03 bits per heavy atom. The average molecular weight is 482 g/mol. The molecule has 8 heteroatoms. The summed E-state index contributed by atoms with van der Waals surface area (Å²) in [6, 6.07) is 16.4. The number of likely N-dealkylation sites (N-methyl/N-ethyl adjacent to an activating group) is 1. The third kappa shape index (κ3) is 6.62. The van der Waals surface area contributed by atoms with E-state index in [0.29, 0.717) is 12.3 Å². The number of thioether (sulfide) groups is 2. The fraction of sp³-hybridized carbons (Fsp3) is 0.364. The van der Waals surface area contributed by atoms with Crippen LogP contribution < -0.4 is 4.90 Å². The predicted molar refractivity (Wildman–Crippen MR) is 136 cm³/mol. The number of halogens is 1. The summed E-state index contributed by atoms with van der Waals surface area (Å²) in [6.45, 7) is 7.78. The summed E-state index contributed by atoms with van der Waals surface area (Å²) in [5.74, 6) is 0.518. The average Bonchev–Trinajstić information content (AvgIpc) is 3.18. The van der Waals surface area contributed by atoms with Crippen molar-refractivity contribution in [3.63, 3.8) is 0 Å². The molecule has 0 spiro atoms. The Morgan fingerprint density at radius 2 is 1.77 bits per heavy atom. The van der Waals surface area contributed by atoms with Crippen molar-refractivity contribution in [2.75, 3.05) is 43.1 Å². The van der Waals surface area contributed by atoms with E-state index in [4.69, 9.17) is 4.98 Å². The van der Waals surface area contributed by atoms with Crippen molar-refractivity contribution in [2.24, 2.45) is 0 Å². The van der Waals surface area contributed by atoms with Gasteiger partial charge in [0.15, 0.2) is 5.13 Å². The molecule has 3 rings (SSSR count). The topological polar surface area (TPSA) is 36.4 Å². The van der Waals surface area contributed by atoms with Gasteiger partial charge in [-0.1, -0.05) is 43.4 Å². The molecule has 1 heterocycles. The van der Waals surface area contributed by atoms with Gasteiger partial charge in [-0.15, -0.1) is 35.9 Å². The Labute approximate surface area is 197 Å². The van der Waals surface area contributed by atoms with Gasteiger partial charge >= 0.3 is 0 Å². The molecule has 0 aliphatic heterocycles. The summed E-state index contributed by atoms with van der Waals surface area (Å²) in [4.78, 5) is 24.5. The zero-order chi connectivity index (χ0) is 20.6. The number of benzene rings is 2. The maximum atomic E-state index is 13.2. The van der Waals surface area contributed by atoms with Crippen LogP contribution in [0.5, 0.6) is 0 Å². The minimum Gasteiger partial charge on any atom is -0.302 e. The molecule has 0 aliphatic carbocycles. The lowest BCUT2D eigenvalue weighted by Crippen LogP contribution is -2.39. The van der Waals surface area contributed by atoms with Crippen LogP contribution in [0.3, 0.4) is 0 Å². The molecule has 0 unspecified atom stereocenters. The third-order valence-electron chi connectivity index (χ3n) is 4.76. The summed E-state index contributed by atoms with van der Waals surface area (Å²) in [5.41, 5.74) is 0.958. The van der Waals surface area contributed by atoms with Crippen molar-refractivity contribution in [1.29, 1.82) is 0 Å². The van der Waals surface area contributed by atoms with Crippen molar-refractivity contribution in [1.82, 2.24) is 9.88 Å². The molecule has 30 heavy (non-hydrogen) atoms. The lowest BCUT2D eigenvalue weighted by atomic mass is 10.3. The van der Waals surface area contributed by atoms with E-state index in [-0.39, 0.29) is 18.3 Å². The first-order chi connectivity index (χ1) is 14.1. The number of thiazole rings is 1. The monoisotopic (exact) mass is 481 g/mol. The van der Waals surface area contributed by atoms with Gasteiger partial charge in [0.05, 0.1) is 16.0 Å². The normalized spacial score (nSPS) is 10.9. The highest BCUT2D eigenvalue weighted by Gasteiger charge is 2.20. The molecular formula is C22H28ClN3OS3. The van der Waals surface area contributed by atoms with E-state index in [0.717, 1.165) is 39.9 Å². The van der Waals surface area contributed by atoms with E-state index < -0.39 is 0 Å². The number of amides is 1. The van der Waals surface area contributed by atoms with Crippen LogP contribution in [-0.2, 0) is 4.79 Å². The Morgan fingerprint density at radius 3 is 2.43 bits per heavy atom. The van der Waals surface area contributed by atoms with Crippen LogP contribution in [0.15, 0.2) is 58.3 Å². The number of hydrogen-bond donors (Lipinski definition) is 0. The van der Waals surface area contributed by atoms with Crippen molar-refractivity contribution < 1.29 is 4.79 Å². The Balaban J connectivity index is 0.00000320. The van der Waals surface area contributed by atoms with Gasteiger partial charge in [-0.25, -0.2) is 4.98 Å². The Bertz CT molecular complexity index is 932. The highest BCUT2D eigenvalue weighted by atomic mass is 35.5. The predicted octanol–water partition coefficient (Wildman–Crippen LogP) is 5.91. The lowest BCUT2D eigenvalue weighted by Gasteiger charge is -2.24. The molecule has 0 atom stereocenters. The van der Waals surface area contributed by atoms with Crippen LogP contribution in [-0.4, -0.2) is 54.0 Å². The maximum Gasteiger partial charge on any atom is 0.239 e. The van der Waals surface area contributed by atoms with Gasteiger partial charge in [0.25, 0.3) is 0 Å². The van der Waals surface area contributed by atoms with Crippen LogP contribution in [0, 0.1) is 0 Å². The zero-order valence-corrected chi connectivity index (χ0v) is 20.8. The SMILES string of the molecule is CCN(CC)CCN(C(=O)CSc1ccccc1)c1nc2ccc(SC)cc2s1.Cl. The number of rotatable bonds is 10. The van der Waals surface area contributed by atoms with Crippen molar-refractivity contribution in [3.05, 3.63) is 48.5 Å². The van der Waals surface area contributed by atoms with Crippen LogP contribution in [0.2, 0.25) is 0 Å². The lowest BCUT2D eigenvalue weighted by molar-refractivity contribution is -0.116. The summed E-state index contributed by atoms with van der Waals surface area (Å²) >= 11 is 4.91. The molecule has 0 fully saturated rings. The number of fused-ring (bicyclic) bond motifs is 1. The van der Waals surface area contributed by atoms with Gasteiger partial charge in [0, 0.05) is 22.9 Å². The molecule has 4 nitrogen and oxygen atoms in total. The smallest absolute Gasteiger partial charge is 0.239 e. The molecule has 0 bridgehead atoms. The first-order valence-corrected chi connectivity index (χ1v) is 12.8. The summed E-state index contributed by atoms with van der Waals surface area (Å²) in [7, 11) is 0. The molecule has 0 aliphatic rings. The Kier molecular flexibility index (Phi) is 10.5. The quantitative estimate of drug-likeness (QED) is 0.336. The van der Waals surface area contributed by atoms with E-state index in [1.807, 2.05) is 41.3 Å². The largest absolute Gasteiger partial charge is 0.302 e. The zero-order valence-electron chi connectivity index (χ0n) is 17.5. The summed E-state index contributed by atoms with van der Waals surface area (Å²) in [6.07, 6.45) is 2.07. The number of carbonyl (C=O) groups is 1.